The smallest absolute Gasteiger partial charge is 0.0369 e. The van der Waals surface area contributed by atoms with Crippen molar-refractivity contribution in [2.75, 3.05) is 12.3 Å². The first-order valence-corrected chi connectivity index (χ1v) is 6.79. The number of hydrogen-bond donors (Lipinski definition) is 1. The van der Waals surface area contributed by atoms with Crippen LogP contribution in [-0.2, 0) is 0 Å². The van der Waals surface area contributed by atoms with Gasteiger partial charge >= 0.3 is 0 Å². The fourth-order valence-corrected chi connectivity index (χ4v) is 2.50. The van der Waals surface area contributed by atoms with Crippen molar-refractivity contribution in [2.45, 2.75) is 31.2 Å². The van der Waals surface area contributed by atoms with Crippen LogP contribution in [0, 0.1) is 0 Å². The van der Waals surface area contributed by atoms with Crippen molar-refractivity contribution < 1.29 is 0 Å². The van der Waals surface area contributed by atoms with Gasteiger partial charge in [0.05, 0.1) is 0 Å². The Kier molecular flexibility index (Phi) is 6.27. The number of thioether (sulfide) groups is 1. The van der Waals surface area contributed by atoms with E-state index in [0.29, 0.717) is 6.04 Å². The third-order valence-corrected chi connectivity index (χ3v) is 3.50. The van der Waals surface area contributed by atoms with Gasteiger partial charge in [0.15, 0.2) is 0 Å². The molecule has 0 radical (unpaired) electrons. The van der Waals surface area contributed by atoms with E-state index >= 15 is 0 Å². The minimum Gasteiger partial charge on any atom is -0.310 e. The van der Waals surface area contributed by atoms with Gasteiger partial charge in [0.25, 0.3) is 0 Å². The first kappa shape index (κ1) is 13.3. The van der Waals surface area contributed by atoms with Gasteiger partial charge < -0.3 is 5.32 Å². The highest BCUT2D eigenvalue weighted by molar-refractivity contribution is 7.99. The molecule has 16 heavy (non-hydrogen) atoms. The molecular weight excluding hydrogens is 214 g/mol. The SMILES string of the molecule is C=C(C)C(CSc1ccccc1)NCCC. The van der Waals surface area contributed by atoms with Crippen molar-refractivity contribution in [1.29, 1.82) is 0 Å². The fourth-order valence-electron chi connectivity index (χ4n) is 1.39. The van der Waals surface area contributed by atoms with Crippen LogP contribution < -0.4 is 5.32 Å². The van der Waals surface area contributed by atoms with E-state index in [4.69, 9.17) is 0 Å². The molecular formula is C14H21NS. The van der Waals surface area contributed by atoms with Crippen LogP contribution >= 0.6 is 11.8 Å². The minimum atomic E-state index is 0.421. The van der Waals surface area contributed by atoms with Crippen LogP contribution in [0.2, 0.25) is 0 Å². The summed E-state index contributed by atoms with van der Waals surface area (Å²) < 4.78 is 0. The molecule has 0 saturated carbocycles. The Morgan fingerprint density at radius 1 is 1.38 bits per heavy atom. The average Bonchev–Trinajstić information content (AvgIpc) is 2.30. The first-order chi connectivity index (χ1) is 7.74. The molecule has 88 valence electrons. The predicted octanol–water partition coefficient (Wildman–Crippen LogP) is 3.72. The number of hydrogen-bond acceptors (Lipinski definition) is 2. The van der Waals surface area contributed by atoms with Gasteiger partial charge in [0.1, 0.15) is 0 Å². The molecule has 0 aliphatic carbocycles. The average molecular weight is 235 g/mol. The molecule has 0 aliphatic rings. The molecule has 2 heteroatoms. The Morgan fingerprint density at radius 2 is 2.06 bits per heavy atom. The summed E-state index contributed by atoms with van der Waals surface area (Å²) in [5, 5.41) is 3.52. The van der Waals surface area contributed by atoms with E-state index in [1.165, 1.54) is 16.9 Å². The summed E-state index contributed by atoms with van der Waals surface area (Å²) in [5.41, 5.74) is 1.22. The summed E-state index contributed by atoms with van der Waals surface area (Å²) in [6.45, 7) is 9.39. The predicted molar refractivity (Wildman–Crippen MR) is 74.1 cm³/mol. The third-order valence-electron chi connectivity index (χ3n) is 2.40. The lowest BCUT2D eigenvalue weighted by atomic mass is 10.2. The zero-order valence-electron chi connectivity index (χ0n) is 10.2. The van der Waals surface area contributed by atoms with Crippen LogP contribution in [-0.4, -0.2) is 18.3 Å². The quantitative estimate of drug-likeness (QED) is 0.571. The minimum absolute atomic E-state index is 0.421. The molecule has 0 aromatic heterocycles. The van der Waals surface area contributed by atoms with Crippen LogP contribution in [0.25, 0.3) is 0 Å². The summed E-state index contributed by atoms with van der Waals surface area (Å²) in [6, 6.07) is 10.9. The van der Waals surface area contributed by atoms with Crippen molar-refractivity contribution >= 4 is 11.8 Å². The van der Waals surface area contributed by atoms with Crippen molar-refractivity contribution in [2.24, 2.45) is 0 Å². The Morgan fingerprint density at radius 3 is 2.62 bits per heavy atom. The van der Waals surface area contributed by atoms with E-state index in [1.807, 2.05) is 11.8 Å². The highest BCUT2D eigenvalue weighted by atomic mass is 32.2. The fraction of sp³-hybridized carbons (Fsp3) is 0.429. The topological polar surface area (TPSA) is 12.0 Å². The normalized spacial score (nSPS) is 12.4. The lowest BCUT2D eigenvalue weighted by molar-refractivity contribution is 0.609. The summed E-state index contributed by atoms with van der Waals surface area (Å²) in [5.74, 6) is 1.05. The van der Waals surface area contributed by atoms with E-state index in [-0.39, 0.29) is 0 Å². The number of nitrogens with one attached hydrogen (secondary N) is 1. The molecule has 0 amide bonds. The van der Waals surface area contributed by atoms with E-state index < -0.39 is 0 Å². The van der Waals surface area contributed by atoms with Crippen molar-refractivity contribution in [3.05, 3.63) is 42.5 Å². The van der Waals surface area contributed by atoms with E-state index in [0.717, 1.165) is 12.3 Å². The monoisotopic (exact) mass is 235 g/mol. The summed E-state index contributed by atoms with van der Waals surface area (Å²) >= 11 is 1.88. The van der Waals surface area contributed by atoms with E-state index in [1.54, 1.807) is 0 Å². The second kappa shape index (κ2) is 7.53. The Labute approximate surface area is 103 Å². The lowest BCUT2D eigenvalue weighted by Crippen LogP contribution is -2.32. The van der Waals surface area contributed by atoms with Gasteiger partial charge in [-0.3, -0.25) is 0 Å². The first-order valence-electron chi connectivity index (χ1n) is 5.80. The van der Waals surface area contributed by atoms with E-state index in [2.05, 4.69) is 56.1 Å². The molecule has 0 heterocycles. The van der Waals surface area contributed by atoms with Crippen LogP contribution in [0.1, 0.15) is 20.3 Å². The summed E-state index contributed by atoms with van der Waals surface area (Å²) in [7, 11) is 0. The van der Waals surface area contributed by atoms with Gasteiger partial charge in [-0.15, -0.1) is 11.8 Å². The van der Waals surface area contributed by atoms with Crippen LogP contribution in [0.3, 0.4) is 0 Å². The van der Waals surface area contributed by atoms with Gasteiger partial charge in [-0.2, -0.15) is 0 Å². The van der Waals surface area contributed by atoms with Crippen LogP contribution in [0.15, 0.2) is 47.4 Å². The van der Waals surface area contributed by atoms with E-state index in [9.17, 15) is 0 Å². The molecule has 1 N–H and O–H groups in total. The molecule has 0 spiro atoms. The van der Waals surface area contributed by atoms with Crippen LogP contribution in [0.4, 0.5) is 0 Å². The molecule has 0 fully saturated rings. The molecule has 0 aliphatic heterocycles. The molecule has 1 nitrogen and oxygen atoms in total. The molecule has 1 rings (SSSR count). The lowest BCUT2D eigenvalue weighted by Gasteiger charge is -2.18. The van der Waals surface area contributed by atoms with Crippen molar-refractivity contribution in [3.63, 3.8) is 0 Å². The highest BCUT2D eigenvalue weighted by Crippen LogP contribution is 2.19. The van der Waals surface area contributed by atoms with Crippen molar-refractivity contribution in [1.82, 2.24) is 5.32 Å². The second-order valence-corrected chi connectivity index (χ2v) is 5.07. The van der Waals surface area contributed by atoms with Gasteiger partial charge in [0.2, 0.25) is 0 Å². The molecule has 1 aromatic carbocycles. The van der Waals surface area contributed by atoms with Crippen molar-refractivity contribution in [3.8, 4) is 0 Å². The third kappa shape index (κ3) is 4.86. The number of rotatable bonds is 7. The molecule has 1 atom stereocenters. The molecule has 0 bridgehead atoms. The standard InChI is InChI=1S/C14H21NS/c1-4-10-15-14(12(2)3)11-16-13-8-6-5-7-9-13/h5-9,14-15H,2,4,10-11H2,1,3H3. The van der Waals surface area contributed by atoms with Crippen LogP contribution in [0.5, 0.6) is 0 Å². The molecule has 0 saturated heterocycles. The molecule has 1 unspecified atom stereocenters. The summed E-state index contributed by atoms with van der Waals surface area (Å²) in [6.07, 6.45) is 1.17. The maximum absolute atomic E-state index is 4.04. The summed E-state index contributed by atoms with van der Waals surface area (Å²) in [4.78, 5) is 1.33. The second-order valence-electron chi connectivity index (χ2n) is 3.98. The van der Waals surface area contributed by atoms with Gasteiger partial charge in [-0.25, -0.2) is 0 Å². The van der Waals surface area contributed by atoms with Gasteiger partial charge in [-0.1, -0.05) is 37.3 Å². The zero-order valence-corrected chi connectivity index (χ0v) is 11.0. The largest absolute Gasteiger partial charge is 0.310 e. The maximum atomic E-state index is 4.04. The zero-order chi connectivity index (χ0) is 11.8. The highest BCUT2D eigenvalue weighted by Gasteiger charge is 2.08. The Bertz CT molecular complexity index is 308. The Hall–Kier alpha value is -0.730. The van der Waals surface area contributed by atoms with Gasteiger partial charge in [0, 0.05) is 16.7 Å². The van der Waals surface area contributed by atoms with Gasteiger partial charge in [-0.05, 0) is 32.0 Å². The maximum Gasteiger partial charge on any atom is 0.0369 e. The number of benzene rings is 1. The molecule has 1 aromatic rings. The Balaban J connectivity index is 2.41.